The molecule has 1 amide bonds. The van der Waals surface area contributed by atoms with Gasteiger partial charge in [-0.3, -0.25) is 4.79 Å². The molecule has 0 saturated heterocycles. The van der Waals surface area contributed by atoms with Crippen LogP contribution in [0.25, 0.3) is 0 Å². The number of carbonyl (C=O) groups is 1. The summed E-state index contributed by atoms with van der Waals surface area (Å²) in [5.41, 5.74) is 4.95. The number of carbonyl (C=O) groups excluding carboxylic acids is 1. The number of nitrogens with one attached hydrogen (secondary N) is 1. The molecule has 0 fully saturated rings. The summed E-state index contributed by atoms with van der Waals surface area (Å²) in [4.78, 5) is 16.3. The number of amides is 1. The first-order valence-corrected chi connectivity index (χ1v) is 8.27. The summed E-state index contributed by atoms with van der Waals surface area (Å²) < 4.78 is 0. The Morgan fingerprint density at radius 3 is 2.24 bits per heavy atom. The van der Waals surface area contributed by atoms with Gasteiger partial charge in [-0.25, -0.2) is 0 Å². The largest absolute Gasteiger partial charge is 0.368 e. The maximum atomic E-state index is 11.6. The first kappa shape index (κ1) is 20.3. The Morgan fingerprint density at radius 1 is 1.10 bits per heavy atom. The smallest absolute Gasteiger partial charge is 0.237 e. The van der Waals surface area contributed by atoms with Gasteiger partial charge in [-0.1, -0.05) is 13.8 Å². The standard InChI is InChI=1S/C16H36N4O/c1-6-11-20(14-13-19(4)5)12-9-8-10-16(3,15(17)21)18-7-2/h18H,6-14H2,1-5H3,(H2,17,21). The van der Waals surface area contributed by atoms with Crippen LogP contribution in [0.5, 0.6) is 0 Å². The maximum absolute atomic E-state index is 11.6. The van der Waals surface area contributed by atoms with Crippen molar-refractivity contribution in [2.24, 2.45) is 5.73 Å². The molecular weight excluding hydrogens is 264 g/mol. The number of primary amides is 1. The molecule has 5 nitrogen and oxygen atoms in total. The number of rotatable bonds is 13. The molecule has 0 aromatic heterocycles. The third-order valence-corrected chi connectivity index (χ3v) is 3.92. The van der Waals surface area contributed by atoms with E-state index in [9.17, 15) is 4.79 Å². The first-order chi connectivity index (χ1) is 9.85. The van der Waals surface area contributed by atoms with E-state index in [0.29, 0.717) is 0 Å². The fourth-order valence-corrected chi connectivity index (χ4v) is 2.50. The van der Waals surface area contributed by atoms with Crippen molar-refractivity contribution in [1.82, 2.24) is 15.1 Å². The number of unbranched alkanes of at least 4 members (excludes halogenated alkanes) is 1. The van der Waals surface area contributed by atoms with Crippen LogP contribution in [0, 0.1) is 0 Å². The molecule has 0 bridgehead atoms. The maximum Gasteiger partial charge on any atom is 0.237 e. The third kappa shape index (κ3) is 9.06. The topological polar surface area (TPSA) is 61.6 Å². The average molecular weight is 300 g/mol. The number of nitrogens with zero attached hydrogens (tertiary/aromatic N) is 2. The van der Waals surface area contributed by atoms with E-state index in [1.54, 1.807) is 0 Å². The molecule has 0 saturated carbocycles. The lowest BCUT2D eigenvalue weighted by atomic mass is 9.94. The van der Waals surface area contributed by atoms with Crippen molar-refractivity contribution in [2.45, 2.75) is 52.0 Å². The van der Waals surface area contributed by atoms with Crippen LogP contribution in [0.2, 0.25) is 0 Å². The van der Waals surface area contributed by atoms with Crippen LogP contribution in [-0.4, -0.2) is 68.1 Å². The van der Waals surface area contributed by atoms with Crippen LogP contribution < -0.4 is 11.1 Å². The minimum Gasteiger partial charge on any atom is -0.368 e. The fourth-order valence-electron chi connectivity index (χ4n) is 2.50. The molecular formula is C16H36N4O. The van der Waals surface area contributed by atoms with Gasteiger partial charge in [0.2, 0.25) is 5.91 Å². The van der Waals surface area contributed by atoms with Crippen LogP contribution in [0.3, 0.4) is 0 Å². The van der Waals surface area contributed by atoms with Crippen LogP contribution in [0.4, 0.5) is 0 Å². The van der Waals surface area contributed by atoms with E-state index in [1.807, 2.05) is 13.8 Å². The van der Waals surface area contributed by atoms with E-state index < -0.39 is 5.54 Å². The van der Waals surface area contributed by atoms with E-state index >= 15 is 0 Å². The SMILES string of the molecule is CCCN(CCCCC(C)(NCC)C(N)=O)CCN(C)C. The summed E-state index contributed by atoms with van der Waals surface area (Å²) in [6.45, 7) is 11.4. The predicted molar refractivity (Wildman–Crippen MR) is 90.4 cm³/mol. The predicted octanol–water partition coefficient (Wildman–Crippen LogP) is 1.28. The van der Waals surface area contributed by atoms with E-state index in [1.165, 1.54) is 6.42 Å². The van der Waals surface area contributed by atoms with Gasteiger partial charge in [0.25, 0.3) is 0 Å². The Kier molecular flexibility index (Phi) is 10.6. The highest BCUT2D eigenvalue weighted by molar-refractivity contribution is 5.84. The third-order valence-electron chi connectivity index (χ3n) is 3.92. The molecule has 5 heteroatoms. The Morgan fingerprint density at radius 2 is 1.76 bits per heavy atom. The fraction of sp³-hybridized carbons (Fsp3) is 0.938. The molecule has 0 aromatic carbocycles. The van der Waals surface area contributed by atoms with E-state index in [4.69, 9.17) is 5.73 Å². The van der Waals surface area contributed by atoms with Crippen LogP contribution in [-0.2, 0) is 4.79 Å². The van der Waals surface area contributed by atoms with Gasteiger partial charge in [0, 0.05) is 13.1 Å². The molecule has 0 aromatic rings. The zero-order valence-electron chi connectivity index (χ0n) is 14.7. The van der Waals surface area contributed by atoms with E-state index in [2.05, 4.69) is 36.1 Å². The summed E-state index contributed by atoms with van der Waals surface area (Å²) in [5, 5.41) is 3.22. The highest BCUT2D eigenvalue weighted by atomic mass is 16.1. The number of nitrogens with two attached hydrogens (primary N) is 1. The van der Waals surface area contributed by atoms with E-state index in [-0.39, 0.29) is 5.91 Å². The molecule has 126 valence electrons. The molecule has 3 N–H and O–H groups in total. The summed E-state index contributed by atoms with van der Waals surface area (Å²) >= 11 is 0. The Balaban J connectivity index is 4.09. The summed E-state index contributed by atoms with van der Waals surface area (Å²) in [5.74, 6) is -0.248. The van der Waals surface area contributed by atoms with Crippen molar-refractivity contribution in [2.75, 3.05) is 46.8 Å². The van der Waals surface area contributed by atoms with Gasteiger partial charge in [0.1, 0.15) is 0 Å². The quantitative estimate of drug-likeness (QED) is 0.503. The number of hydrogen-bond acceptors (Lipinski definition) is 4. The zero-order valence-corrected chi connectivity index (χ0v) is 14.7. The highest BCUT2D eigenvalue weighted by Crippen LogP contribution is 2.14. The number of likely N-dealkylation sites (N-methyl/N-ethyl adjacent to an activating group) is 2. The van der Waals surface area contributed by atoms with Crippen LogP contribution in [0.1, 0.15) is 46.5 Å². The molecule has 1 unspecified atom stereocenters. The van der Waals surface area contributed by atoms with Gasteiger partial charge in [0.05, 0.1) is 5.54 Å². The van der Waals surface area contributed by atoms with Gasteiger partial charge >= 0.3 is 0 Å². The van der Waals surface area contributed by atoms with Crippen molar-refractivity contribution in [3.63, 3.8) is 0 Å². The minimum absolute atomic E-state index is 0.248. The summed E-state index contributed by atoms with van der Waals surface area (Å²) in [6, 6.07) is 0. The first-order valence-electron chi connectivity index (χ1n) is 8.27. The Bertz CT molecular complexity index is 283. The molecule has 0 aliphatic rings. The highest BCUT2D eigenvalue weighted by Gasteiger charge is 2.28. The normalized spacial score (nSPS) is 14.6. The second-order valence-corrected chi connectivity index (χ2v) is 6.33. The second kappa shape index (κ2) is 11.0. The second-order valence-electron chi connectivity index (χ2n) is 6.33. The summed E-state index contributed by atoms with van der Waals surface area (Å²) in [7, 11) is 4.22. The van der Waals surface area contributed by atoms with Crippen molar-refractivity contribution < 1.29 is 4.79 Å². The van der Waals surface area contributed by atoms with Gasteiger partial charge in [-0.05, 0) is 66.3 Å². The van der Waals surface area contributed by atoms with E-state index in [0.717, 1.165) is 52.0 Å². The van der Waals surface area contributed by atoms with Crippen molar-refractivity contribution in [3.05, 3.63) is 0 Å². The zero-order chi connectivity index (χ0) is 16.3. The van der Waals surface area contributed by atoms with Crippen molar-refractivity contribution in [1.29, 1.82) is 0 Å². The Hall–Kier alpha value is -0.650. The Labute approximate surface area is 131 Å². The molecule has 0 radical (unpaired) electrons. The molecule has 21 heavy (non-hydrogen) atoms. The lowest BCUT2D eigenvalue weighted by Gasteiger charge is -2.28. The van der Waals surface area contributed by atoms with Gasteiger partial charge < -0.3 is 20.9 Å². The van der Waals surface area contributed by atoms with Gasteiger partial charge in [0.15, 0.2) is 0 Å². The van der Waals surface area contributed by atoms with Crippen LogP contribution >= 0.6 is 0 Å². The summed E-state index contributed by atoms with van der Waals surface area (Å²) in [6.07, 6.45) is 4.13. The average Bonchev–Trinajstić information content (AvgIpc) is 2.40. The number of hydrogen-bond donors (Lipinski definition) is 2. The van der Waals surface area contributed by atoms with Crippen LogP contribution in [0.15, 0.2) is 0 Å². The molecule has 0 heterocycles. The van der Waals surface area contributed by atoms with Crippen molar-refractivity contribution >= 4 is 5.91 Å². The molecule has 0 aliphatic carbocycles. The van der Waals surface area contributed by atoms with Gasteiger partial charge in [-0.15, -0.1) is 0 Å². The lowest BCUT2D eigenvalue weighted by Crippen LogP contribution is -2.53. The molecule has 1 atom stereocenters. The lowest BCUT2D eigenvalue weighted by molar-refractivity contribution is -0.124. The van der Waals surface area contributed by atoms with Crippen molar-refractivity contribution in [3.8, 4) is 0 Å². The molecule has 0 spiro atoms. The monoisotopic (exact) mass is 300 g/mol. The van der Waals surface area contributed by atoms with Gasteiger partial charge in [-0.2, -0.15) is 0 Å². The molecule has 0 aliphatic heterocycles. The molecule has 0 rings (SSSR count). The minimum atomic E-state index is -0.562.